The second kappa shape index (κ2) is 20.9. The largest absolute Gasteiger partial charge is 0.481 e. The number of aryl methyl sites for hydroxylation is 1. The Kier molecular flexibility index (Phi) is 20.2. The van der Waals surface area contributed by atoms with Crippen LogP contribution in [-0.4, -0.2) is 71.7 Å². The Hall–Kier alpha value is -1.13. The topological polar surface area (TPSA) is 138 Å². The van der Waals surface area contributed by atoms with Gasteiger partial charge in [-0.3, -0.25) is 14.1 Å². The first-order valence-electron chi connectivity index (χ1n) is 13.1. The minimum absolute atomic E-state index is 0.396. The number of ether oxygens (including phenoxy) is 1. The summed E-state index contributed by atoms with van der Waals surface area (Å²) in [7, 11) is -4.84. The minimum atomic E-state index is -4.84. The van der Waals surface area contributed by atoms with Gasteiger partial charge in [0, 0.05) is 0 Å². The van der Waals surface area contributed by atoms with E-state index in [0.717, 1.165) is 33.7 Å². The average Bonchev–Trinajstić information content (AvgIpc) is 2.78. The van der Waals surface area contributed by atoms with Crippen LogP contribution in [0.4, 0.5) is 0 Å². The van der Waals surface area contributed by atoms with E-state index in [0.29, 0.717) is 3.35 Å². The van der Waals surface area contributed by atoms with Crippen molar-refractivity contribution in [2.75, 3.05) is 0 Å². The molecule has 1 rings (SSSR count). The Morgan fingerprint density at radius 2 is 1.36 bits per heavy atom. The van der Waals surface area contributed by atoms with E-state index in [4.69, 9.17) is 19.5 Å². The van der Waals surface area contributed by atoms with Gasteiger partial charge in [0.25, 0.3) is 10.1 Å². The Morgan fingerprint density at radius 3 is 1.75 bits per heavy atom. The molecule has 0 bridgehead atoms. The number of rotatable bonds is 19. The maximum absolute atomic E-state index is 10.2. The summed E-state index contributed by atoms with van der Waals surface area (Å²) in [5, 5.41) is 13.9. The molecule has 0 fully saturated rings. The average molecular weight is 539 g/mol. The predicted molar refractivity (Wildman–Crippen MR) is 142 cm³/mol. The van der Waals surface area contributed by atoms with Gasteiger partial charge in [-0.15, -0.1) is 0 Å². The van der Waals surface area contributed by atoms with Gasteiger partial charge in [-0.2, -0.15) is 8.42 Å². The summed E-state index contributed by atoms with van der Waals surface area (Å²) in [6.45, 7) is 4.45. The van der Waals surface area contributed by atoms with Gasteiger partial charge in [-0.1, -0.05) is 39.0 Å². The molecule has 0 spiro atoms. The molecule has 0 aliphatic carbocycles. The van der Waals surface area contributed by atoms with Crippen molar-refractivity contribution in [1.82, 2.24) is 0 Å². The Morgan fingerprint density at radius 1 is 0.889 bits per heavy atom. The van der Waals surface area contributed by atoms with Gasteiger partial charge in [-0.05, 0) is 0 Å². The SMILES string of the molecule is CCCCCCCCCCCCCCc1ccccc1O[CH](C)[Na].O=C(O)CC(C(=O)O)S(=O)(=O)O. The zero-order chi connectivity index (χ0) is 27.4. The first-order chi connectivity index (χ1) is 17.0. The van der Waals surface area contributed by atoms with E-state index in [1.165, 1.54) is 89.0 Å². The molecule has 2 unspecified atom stereocenters. The fourth-order valence-electron chi connectivity index (χ4n) is 3.71. The molecule has 1 aromatic carbocycles. The number of hydrogen-bond acceptors (Lipinski definition) is 5. The molecule has 1 aromatic rings. The molecule has 36 heavy (non-hydrogen) atoms. The second-order valence-corrected chi connectivity index (χ2v) is 12.6. The van der Waals surface area contributed by atoms with Crippen molar-refractivity contribution < 1.29 is 37.5 Å². The summed E-state index contributed by atoms with van der Waals surface area (Å²) in [5.74, 6) is -2.39. The van der Waals surface area contributed by atoms with Gasteiger partial charge in [0.15, 0.2) is 5.25 Å². The van der Waals surface area contributed by atoms with Crippen molar-refractivity contribution in [3.05, 3.63) is 29.8 Å². The molecule has 0 aliphatic heterocycles. The number of aliphatic carboxylic acids is 2. The van der Waals surface area contributed by atoms with Gasteiger partial charge in [0.05, 0.1) is 6.42 Å². The number of unbranched alkanes of at least 4 members (excludes halogenated alkanes) is 11. The summed E-state index contributed by atoms with van der Waals surface area (Å²) >= 11 is 1.09. The zero-order valence-electron chi connectivity index (χ0n) is 22.2. The molecule has 3 N–H and O–H groups in total. The van der Waals surface area contributed by atoms with Crippen LogP contribution in [0, 0.1) is 0 Å². The van der Waals surface area contributed by atoms with Crippen molar-refractivity contribution in [2.45, 2.75) is 112 Å². The molecule has 0 saturated carbocycles. The number of para-hydroxylation sites is 1. The van der Waals surface area contributed by atoms with E-state index in [-0.39, 0.29) is 0 Å². The smallest absolute Gasteiger partial charge is 0.325 e. The molecule has 8 nitrogen and oxygen atoms in total. The number of carbonyl (C=O) groups is 2. The molecule has 0 amide bonds. The molecule has 10 heteroatoms. The second-order valence-electron chi connectivity index (χ2n) is 9.35. The quantitative estimate of drug-likeness (QED) is 0.117. The Balaban J connectivity index is 0.000000860. The number of benzene rings is 1. The summed E-state index contributed by atoms with van der Waals surface area (Å²) < 4.78 is 35.0. The number of hydrogen-bond donors (Lipinski definition) is 3. The monoisotopic (exact) mass is 538 g/mol. The third-order valence-electron chi connectivity index (χ3n) is 5.63. The van der Waals surface area contributed by atoms with E-state index >= 15 is 0 Å². The van der Waals surface area contributed by atoms with Gasteiger partial charge < -0.3 is 10.2 Å². The van der Waals surface area contributed by atoms with Crippen LogP contribution in [0.5, 0.6) is 5.75 Å². The summed E-state index contributed by atoms with van der Waals surface area (Å²) in [6.07, 6.45) is 17.0. The van der Waals surface area contributed by atoms with E-state index in [1.807, 2.05) is 0 Å². The van der Waals surface area contributed by atoms with Crippen LogP contribution in [0.3, 0.4) is 0 Å². The van der Waals surface area contributed by atoms with Crippen LogP contribution >= 0.6 is 0 Å². The fraction of sp³-hybridized carbons (Fsp3) is 0.692. The Bertz CT molecular complexity index is 842. The first kappa shape index (κ1) is 34.9. The van der Waals surface area contributed by atoms with Gasteiger partial charge >= 0.3 is 142 Å². The molecule has 202 valence electrons. The summed E-state index contributed by atoms with van der Waals surface area (Å²) in [5.41, 5.74) is 1.40. The summed E-state index contributed by atoms with van der Waals surface area (Å²) in [4.78, 5) is 20.0. The molecule has 0 aromatic heterocycles. The summed E-state index contributed by atoms with van der Waals surface area (Å²) in [6, 6.07) is 8.59. The molecule has 2 atom stereocenters. The van der Waals surface area contributed by atoms with Crippen molar-refractivity contribution in [3.8, 4) is 5.75 Å². The van der Waals surface area contributed by atoms with Crippen molar-refractivity contribution in [3.63, 3.8) is 0 Å². The van der Waals surface area contributed by atoms with Gasteiger partial charge in [0.2, 0.25) is 0 Å². The molecular formula is C26H43NaO8S. The normalized spacial score (nSPS) is 12.8. The number of carboxylic acids is 2. The number of carboxylic acid groups (broad SMARTS) is 2. The zero-order valence-corrected chi connectivity index (χ0v) is 25.0. The molecule has 0 saturated heterocycles. The molecule has 0 radical (unpaired) electrons. The standard InChI is InChI=1S/C22H37O.C4H6O7S.Na/c1-3-5-6-7-8-9-10-11-12-13-14-15-18-21-19-16-17-20-22(21)23-4-2;5-3(6)1-2(4(7)8)12(9,10)11;/h4,16-17,19-20H,3,5-15,18H2,1-2H3;2H,1H2,(H,5,6)(H,7,8)(H,9,10,11);. The molecule has 0 heterocycles. The maximum Gasteiger partial charge on any atom is 0.325 e. The van der Waals surface area contributed by atoms with Gasteiger partial charge in [0.1, 0.15) is 0 Å². The van der Waals surface area contributed by atoms with E-state index < -0.39 is 33.7 Å². The van der Waals surface area contributed by atoms with Crippen LogP contribution in [0.1, 0.15) is 103 Å². The molecule has 0 aliphatic rings. The van der Waals surface area contributed by atoms with Crippen LogP contribution in [0.2, 0.25) is 0 Å². The predicted octanol–water partition coefficient (Wildman–Crippen LogP) is 5.63. The van der Waals surface area contributed by atoms with Crippen LogP contribution in [-0.2, 0) is 26.1 Å². The van der Waals surface area contributed by atoms with E-state index in [9.17, 15) is 18.0 Å². The van der Waals surface area contributed by atoms with E-state index in [1.54, 1.807) is 0 Å². The Labute approximate surface area is 234 Å². The third-order valence-corrected chi connectivity index (χ3v) is 6.95. The molecular weight excluding hydrogens is 495 g/mol. The van der Waals surface area contributed by atoms with Crippen LogP contribution in [0.25, 0.3) is 0 Å². The van der Waals surface area contributed by atoms with Crippen molar-refractivity contribution >= 4 is 50.0 Å². The van der Waals surface area contributed by atoms with E-state index in [2.05, 4.69) is 38.1 Å². The fourth-order valence-corrected chi connectivity index (χ4v) is 4.58. The first-order valence-corrected chi connectivity index (χ1v) is 15.8. The van der Waals surface area contributed by atoms with Gasteiger partial charge in [-0.25, -0.2) is 0 Å². The van der Waals surface area contributed by atoms with Crippen LogP contribution < -0.4 is 4.74 Å². The minimum Gasteiger partial charge on any atom is -0.481 e. The maximum atomic E-state index is 10.2. The van der Waals surface area contributed by atoms with Crippen molar-refractivity contribution in [2.24, 2.45) is 0 Å². The van der Waals surface area contributed by atoms with Crippen LogP contribution in [0.15, 0.2) is 24.3 Å². The third kappa shape index (κ3) is 19.0. The van der Waals surface area contributed by atoms with Crippen molar-refractivity contribution in [1.29, 1.82) is 0 Å².